The van der Waals surface area contributed by atoms with Crippen LogP contribution in [0.2, 0.25) is 0 Å². The Morgan fingerprint density at radius 2 is 1.94 bits per heavy atom. The van der Waals surface area contributed by atoms with Crippen molar-refractivity contribution in [3.63, 3.8) is 0 Å². The van der Waals surface area contributed by atoms with Crippen molar-refractivity contribution in [3.05, 3.63) is 11.6 Å². The van der Waals surface area contributed by atoms with Crippen molar-refractivity contribution >= 4 is 15.9 Å². The highest BCUT2D eigenvalue weighted by Gasteiger charge is 2.51. The third-order valence-corrected chi connectivity index (χ3v) is 4.88. The zero-order chi connectivity index (χ0) is 12.1. The first kappa shape index (κ1) is 12.6. The lowest BCUT2D eigenvalue weighted by molar-refractivity contribution is -0.347. The molecule has 3 atom stereocenters. The van der Waals surface area contributed by atoms with Crippen LogP contribution in [-0.2, 0) is 9.47 Å². The maximum absolute atomic E-state index is 6.09. The SMILES string of the molecule is CC1=CC[C@@H]2[C@@H](OC(C)(C)OC2(C)C)[C@@H]1Br. The number of alkyl halides is 1. The molecule has 2 aliphatic rings. The van der Waals surface area contributed by atoms with E-state index in [9.17, 15) is 0 Å². The van der Waals surface area contributed by atoms with Crippen LogP contribution < -0.4 is 0 Å². The van der Waals surface area contributed by atoms with Gasteiger partial charge in [-0.15, -0.1) is 0 Å². The van der Waals surface area contributed by atoms with Crippen molar-refractivity contribution in [2.24, 2.45) is 5.92 Å². The van der Waals surface area contributed by atoms with Crippen LogP contribution in [-0.4, -0.2) is 22.3 Å². The monoisotopic (exact) mass is 288 g/mol. The van der Waals surface area contributed by atoms with E-state index in [4.69, 9.17) is 9.47 Å². The number of fused-ring (bicyclic) bond motifs is 1. The number of halogens is 1. The lowest BCUT2D eigenvalue weighted by Gasteiger charge is -2.53. The van der Waals surface area contributed by atoms with Crippen LogP contribution in [0.3, 0.4) is 0 Å². The Morgan fingerprint density at radius 1 is 1.31 bits per heavy atom. The van der Waals surface area contributed by atoms with Crippen molar-refractivity contribution in [1.29, 1.82) is 0 Å². The minimum Gasteiger partial charge on any atom is -0.345 e. The maximum atomic E-state index is 6.09. The van der Waals surface area contributed by atoms with Crippen LogP contribution in [0.15, 0.2) is 11.6 Å². The predicted octanol–water partition coefficient (Wildman–Crippen LogP) is 3.65. The Morgan fingerprint density at radius 3 is 2.56 bits per heavy atom. The van der Waals surface area contributed by atoms with Crippen molar-refractivity contribution in [2.45, 2.75) is 63.4 Å². The van der Waals surface area contributed by atoms with Gasteiger partial charge >= 0.3 is 0 Å². The molecule has 3 heteroatoms. The first-order valence-electron chi connectivity index (χ1n) is 5.92. The Balaban J connectivity index is 2.32. The smallest absolute Gasteiger partial charge is 0.163 e. The molecule has 1 aliphatic carbocycles. The highest BCUT2D eigenvalue weighted by Crippen LogP contribution is 2.46. The molecule has 0 bridgehead atoms. The normalized spacial score (nSPS) is 41.1. The van der Waals surface area contributed by atoms with Gasteiger partial charge in [-0.1, -0.05) is 27.6 Å². The molecule has 92 valence electrons. The lowest BCUT2D eigenvalue weighted by atomic mass is 9.76. The molecular weight excluding hydrogens is 268 g/mol. The van der Waals surface area contributed by atoms with Crippen LogP contribution in [0.25, 0.3) is 0 Å². The standard InChI is InChI=1S/C13H21BrO2/c1-8-6-7-9-11(10(8)14)15-13(4,5)16-12(9,2)3/h6,9-11H,7H2,1-5H3/t9-,10-,11-/m1/s1. The second-order valence-corrected chi connectivity index (χ2v) is 6.87. The highest BCUT2D eigenvalue weighted by molar-refractivity contribution is 9.09. The Labute approximate surface area is 107 Å². The molecule has 0 saturated carbocycles. The summed E-state index contributed by atoms with van der Waals surface area (Å²) < 4.78 is 12.1. The topological polar surface area (TPSA) is 18.5 Å². The molecule has 2 nitrogen and oxygen atoms in total. The van der Waals surface area contributed by atoms with Crippen molar-refractivity contribution in [2.75, 3.05) is 0 Å². The number of rotatable bonds is 0. The van der Waals surface area contributed by atoms with Gasteiger partial charge in [0.25, 0.3) is 0 Å². The van der Waals surface area contributed by atoms with Crippen LogP contribution in [0.5, 0.6) is 0 Å². The molecule has 0 N–H and O–H groups in total. The second kappa shape index (κ2) is 3.82. The third kappa shape index (κ3) is 2.09. The van der Waals surface area contributed by atoms with Gasteiger partial charge in [-0.2, -0.15) is 0 Å². The van der Waals surface area contributed by atoms with Crippen LogP contribution >= 0.6 is 15.9 Å². The molecule has 16 heavy (non-hydrogen) atoms. The Hall–Kier alpha value is 0.140. The predicted molar refractivity (Wildman–Crippen MR) is 68.7 cm³/mol. The molecule has 0 spiro atoms. The summed E-state index contributed by atoms with van der Waals surface area (Å²) in [6, 6.07) is 0. The fraction of sp³-hybridized carbons (Fsp3) is 0.846. The summed E-state index contributed by atoms with van der Waals surface area (Å²) in [5.74, 6) is -0.0671. The van der Waals surface area contributed by atoms with Gasteiger partial charge < -0.3 is 9.47 Å². The summed E-state index contributed by atoms with van der Waals surface area (Å²) in [6.07, 6.45) is 3.55. The molecule has 1 aliphatic heterocycles. The van der Waals surface area contributed by atoms with E-state index in [1.807, 2.05) is 13.8 Å². The Bertz CT molecular complexity index is 320. The van der Waals surface area contributed by atoms with Gasteiger partial charge in [-0.3, -0.25) is 0 Å². The molecule has 1 heterocycles. The van der Waals surface area contributed by atoms with Gasteiger partial charge in [0, 0.05) is 5.92 Å². The number of hydrogen-bond donors (Lipinski definition) is 0. The van der Waals surface area contributed by atoms with Gasteiger partial charge in [-0.25, -0.2) is 0 Å². The molecule has 0 amide bonds. The summed E-state index contributed by atoms with van der Waals surface area (Å²) in [5.41, 5.74) is 1.24. The summed E-state index contributed by atoms with van der Waals surface area (Å²) in [6.45, 7) is 10.5. The minimum absolute atomic E-state index is 0.129. The summed E-state index contributed by atoms with van der Waals surface area (Å²) in [7, 11) is 0. The summed E-state index contributed by atoms with van der Waals surface area (Å²) in [4.78, 5) is 0.314. The van der Waals surface area contributed by atoms with E-state index >= 15 is 0 Å². The quantitative estimate of drug-likeness (QED) is 0.500. The Kier molecular flexibility index (Phi) is 3.01. The van der Waals surface area contributed by atoms with Crippen LogP contribution in [0, 0.1) is 5.92 Å². The fourth-order valence-electron chi connectivity index (χ4n) is 2.90. The van der Waals surface area contributed by atoms with Crippen molar-refractivity contribution in [1.82, 2.24) is 0 Å². The maximum Gasteiger partial charge on any atom is 0.163 e. The molecule has 0 aromatic carbocycles. The van der Waals surface area contributed by atoms with Gasteiger partial charge in [0.05, 0.1) is 16.5 Å². The molecule has 0 aromatic rings. The highest BCUT2D eigenvalue weighted by atomic mass is 79.9. The molecule has 0 aromatic heterocycles. The van der Waals surface area contributed by atoms with E-state index < -0.39 is 5.79 Å². The van der Waals surface area contributed by atoms with Crippen molar-refractivity contribution < 1.29 is 9.47 Å². The first-order chi connectivity index (χ1) is 7.23. The van der Waals surface area contributed by atoms with Crippen molar-refractivity contribution in [3.8, 4) is 0 Å². The van der Waals surface area contributed by atoms with Gasteiger partial charge in [0.2, 0.25) is 0 Å². The largest absolute Gasteiger partial charge is 0.345 e. The van der Waals surface area contributed by atoms with E-state index in [2.05, 4.69) is 42.8 Å². The molecule has 2 rings (SSSR count). The molecular formula is C13H21BrO2. The third-order valence-electron chi connectivity index (χ3n) is 3.64. The van der Waals surface area contributed by atoms with Gasteiger partial charge in [-0.05, 0) is 41.0 Å². The summed E-state index contributed by atoms with van der Waals surface area (Å²) in [5, 5.41) is 0. The van der Waals surface area contributed by atoms with Crippen LogP contribution in [0.1, 0.15) is 41.0 Å². The zero-order valence-corrected chi connectivity index (χ0v) is 12.3. The van der Waals surface area contributed by atoms with Crippen LogP contribution in [0.4, 0.5) is 0 Å². The van der Waals surface area contributed by atoms with E-state index in [1.165, 1.54) is 5.57 Å². The van der Waals surface area contributed by atoms with E-state index in [1.54, 1.807) is 0 Å². The number of ether oxygens (including phenoxy) is 2. The number of hydrogen-bond acceptors (Lipinski definition) is 2. The van der Waals surface area contributed by atoms with Gasteiger partial charge in [0.15, 0.2) is 5.79 Å². The van der Waals surface area contributed by atoms with E-state index in [0.717, 1.165) is 6.42 Å². The first-order valence-corrected chi connectivity index (χ1v) is 6.83. The molecule has 1 saturated heterocycles. The molecule has 1 fully saturated rings. The molecule has 0 radical (unpaired) electrons. The second-order valence-electron chi connectivity index (χ2n) is 5.88. The molecule has 0 unspecified atom stereocenters. The fourth-order valence-corrected chi connectivity index (χ4v) is 3.57. The number of allylic oxidation sites excluding steroid dienone is 1. The average Bonchev–Trinajstić information content (AvgIpc) is 2.09. The van der Waals surface area contributed by atoms with E-state index in [0.29, 0.717) is 10.7 Å². The van der Waals surface area contributed by atoms with E-state index in [-0.39, 0.29) is 11.7 Å². The zero-order valence-electron chi connectivity index (χ0n) is 10.7. The lowest BCUT2D eigenvalue weighted by Crippen LogP contribution is -2.59. The minimum atomic E-state index is -0.492. The average molecular weight is 289 g/mol. The van der Waals surface area contributed by atoms with Gasteiger partial charge in [0.1, 0.15) is 0 Å². The summed E-state index contributed by atoms with van der Waals surface area (Å²) >= 11 is 3.75.